The summed E-state index contributed by atoms with van der Waals surface area (Å²) in [5, 5.41) is 10.4. The summed E-state index contributed by atoms with van der Waals surface area (Å²) in [6.45, 7) is 0. The van der Waals surface area contributed by atoms with Crippen molar-refractivity contribution in [2.75, 3.05) is 14.2 Å². The molecular weight excluding hydrogens is 158 g/mol. The first-order valence-electron chi connectivity index (χ1n) is 4.15. The highest BCUT2D eigenvalue weighted by atomic mass is 16.7. The SMILES string of the molecule is CON(C)C(=O)C1CCC(O)C1. The fraction of sp³-hybridized carbons (Fsp3) is 0.875. The van der Waals surface area contributed by atoms with Crippen molar-refractivity contribution in [3.05, 3.63) is 0 Å². The number of hydroxylamine groups is 2. The number of hydrogen-bond donors (Lipinski definition) is 1. The predicted molar refractivity (Wildman–Crippen MR) is 43.1 cm³/mol. The number of rotatable bonds is 2. The summed E-state index contributed by atoms with van der Waals surface area (Å²) in [6, 6.07) is 0. The number of aliphatic hydroxyl groups excluding tert-OH is 1. The van der Waals surface area contributed by atoms with E-state index in [1.807, 2.05) is 0 Å². The van der Waals surface area contributed by atoms with Gasteiger partial charge in [-0.25, -0.2) is 5.06 Å². The van der Waals surface area contributed by atoms with Crippen molar-refractivity contribution in [3.8, 4) is 0 Å². The number of carbonyl (C=O) groups excluding carboxylic acids is 1. The van der Waals surface area contributed by atoms with Gasteiger partial charge < -0.3 is 5.11 Å². The normalized spacial score (nSPS) is 28.9. The van der Waals surface area contributed by atoms with Crippen LogP contribution in [0.4, 0.5) is 0 Å². The monoisotopic (exact) mass is 173 g/mol. The molecule has 2 unspecified atom stereocenters. The summed E-state index contributed by atoms with van der Waals surface area (Å²) < 4.78 is 0. The van der Waals surface area contributed by atoms with E-state index in [-0.39, 0.29) is 17.9 Å². The van der Waals surface area contributed by atoms with Crippen LogP contribution in [-0.2, 0) is 9.63 Å². The van der Waals surface area contributed by atoms with Gasteiger partial charge in [-0.1, -0.05) is 0 Å². The van der Waals surface area contributed by atoms with E-state index < -0.39 is 0 Å². The molecule has 0 aromatic rings. The van der Waals surface area contributed by atoms with Gasteiger partial charge in [-0.2, -0.15) is 0 Å². The first kappa shape index (κ1) is 9.48. The molecule has 2 atom stereocenters. The van der Waals surface area contributed by atoms with Gasteiger partial charge in [0.25, 0.3) is 0 Å². The molecule has 1 aliphatic rings. The smallest absolute Gasteiger partial charge is 0.249 e. The number of hydrogen-bond acceptors (Lipinski definition) is 3. The van der Waals surface area contributed by atoms with E-state index in [4.69, 9.17) is 4.84 Å². The molecule has 12 heavy (non-hydrogen) atoms. The largest absolute Gasteiger partial charge is 0.393 e. The Morgan fingerprint density at radius 3 is 2.67 bits per heavy atom. The molecule has 4 heteroatoms. The summed E-state index contributed by atoms with van der Waals surface area (Å²) in [7, 11) is 3.05. The molecule has 1 rings (SSSR count). The first-order valence-corrected chi connectivity index (χ1v) is 4.15. The van der Waals surface area contributed by atoms with Gasteiger partial charge in [-0.3, -0.25) is 9.63 Å². The third-order valence-electron chi connectivity index (χ3n) is 2.34. The molecule has 1 amide bonds. The zero-order valence-corrected chi connectivity index (χ0v) is 7.49. The molecule has 0 spiro atoms. The molecule has 1 fully saturated rings. The molecule has 0 aromatic heterocycles. The lowest BCUT2D eigenvalue weighted by molar-refractivity contribution is -0.173. The quantitative estimate of drug-likeness (QED) is 0.605. The van der Waals surface area contributed by atoms with Gasteiger partial charge in [0.1, 0.15) is 0 Å². The second kappa shape index (κ2) is 3.87. The summed E-state index contributed by atoms with van der Waals surface area (Å²) in [6.07, 6.45) is 1.78. The maximum absolute atomic E-state index is 11.4. The fourth-order valence-corrected chi connectivity index (χ4v) is 1.53. The number of carbonyl (C=O) groups is 1. The maximum atomic E-state index is 11.4. The van der Waals surface area contributed by atoms with E-state index in [2.05, 4.69) is 0 Å². The molecular formula is C8H15NO3. The van der Waals surface area contributed by atoms with Crippen molar-refractivity contribution in [1.29, 1.82) is 0 Å². The molecule has 1 N–H and O–H groups in total. The molecule has 0 radical (unpaired) electrons. The van der Waals surface area contributed by atoms with Crippen molar-refractivity contribution in [3.63, 3.8) is 0 Å². The van der Waals surface area contributed by atoms with Crippen LogP contribution in [0, 0.1) is 5.92 Å². The maximum Gasteiger partial charge on any atom is 0.249 e. The van der Waals surface area contributed by atoms with Gasteiger partial charge in [0, 0.05) is 13.0 Å². The summed E-state index contributed by atoms with van der Waals surface area (Å²) in [4.78, 5) is 16.2. The minimum absolute atomic E-state index is 0.0333. The molecule has 0 saturated heterocycles. The van der Waals surface area contributed by atoms with Gasteiger partial charge in [-0.15, -0.1) is 0 Å². The topological polar surface area (TPSA) is 49.8 Å². The Bertz CT molecular complexity index is 172. The van der Waals surface area contributed by atoms with Crippen LogP contribution in [0.15, 0.2) is 0 Å². The third kappa shape index (κ3) is 1.95. The van der Waals surface area contributed by atoms with Crippen LogP contribution in [0.3, 0.4) is 0 Å². The van der Waals surface area contributed by atoms with Gasteiger partial charge in [0.15, 0.2) is 0 Å². The van der Waals surface area contributed by atoms with Crippen LogP contribution in [0.5, 0.6) is 0 Å². The van der Waals surface area contributed by atoms with Crippen molar-refractivity contribution in [2.45, 2.75) is 25.4 Å². The Morgan fingerprint density at radius 1 is 1.58 bits per heavy atom. The molecule has 0 aromatic carbocycles. The van der Waals surface area contributed by atoms with Crippen LogP contribution < -0.4 is 0 Å². The van der Waals surface area contributed by atoms with E-state index in [1.165, 1.54) is 12.2 Å². The highest BCUT2D eigenvalue weighted by molar-refractivity contribution is 5.77. The highest BCUT2D eigenvalue weighted by Gasteiger charge is 2.30. The molecule has 0 aliphatic heterocycles. The molecule has 1 saturated carbocycles. The van der Waals surface area contributed by atoms with E-state index >= 15 is 0 Å². The van der Waals surface area contributed by atoms with Crippen molar-refractivity contribution >= 4 is 5.91 Å². The second-order valence-electron chi connectivity index (χ2n) is 3.18. The average Bonchev–Trinajstić information content (AvgIpc) is 2.49. The van der Waals surface area contributed by atoms with Crippen LogP contribution in [0.25, 0.3) is 0 Å². The Labute approximate surface area is 72.1 Å². The average molecular weight is 173 g/mol. The van der Waals surface area contributed by atoms with E-state index in [0.29, 0.717) is 6.42 Å². The fourth-order valence-electron chi connectivity index (χ4n) is 1.53. The van der Waals surface area contributed by atoms with Gasteiger partial charge in [0.2, 0.25) is 5.91 Å². The van der Waals surface area contributed by atoms with Crippen molar-refractivity contribution in [2.24, 2.45) is 5.92 Å². The number of amides is 1. The molecule has 70 valence electrons. The predicted octanol–water partition coefficient (Wildman–Crippen LogP) is 0.167. The Balaban J connectivity index is 2.43. The molecule has 0 heterocycles. The minimum atomic E-state index is -0.302. The Morgan fingerprint density at radius 2 is 2.25 bits per heavy atom. The Hall–Kier alpha value is -0.610. The molecule has 0 bridgehead atoms. The lowest BCUT2D eigenvalue weighted by Gasteiger charge is -2.17. The zero-order valence-electron chi connectivity index (χ0n) is 7.49. The van der Waals surface area contributed by atoms with Crippen molar-refractivity contribution < 1.29 is 14.7 Å². The van der Waals surface area contributed by atoms with E-state index in [9.17, 15) is 9.90 Å². The number of aliphatic hydroxyl groups is 1. The Kier molecular flexibility index (Phi) is 3.05. The lowest BCUT2D eigenvalue weighted by atomic mass is 10.1. The zero-order chi connectivity index (χ0) is 9.14. The summed E-state index contributed by atoms with van der Waals surface area (Å²) in [5.41, 5.74) is 0. The second-order valence-corrected chi connectivity index (χ2v) is 3.18. The van der Waals surface area contributed by atoms with E-state index in [0.717, 1.165) is 12.8 Å². The van der Waals surface area contributed by atoms with E-state index in [1.54, 1.807) is 7.05 Å². The molecule has 4 nitrogen and oxygen atoms in total. The van der Waals surface area contributed by atoms with Crippen LogP contribution in [0.2, 0.25) is 0 Å². The summed E-state index contributed by atoms with van der Waals surface area (Å²) >= 11 is 0. The van der Waals surface area contributed by atoms with Crippen LogP contribution >= 0.6 is 0 Å². The van der Waals surface area contributed by atoms with Gasteiger partial charge in [-0.05, 0) is 19.3 Å². The van der Waals surface area contributed by atoms with Gasteiger partial charge >= 0.3 is 0 Å². The minimum Gasteiger partial charge on any atom is -0.393 e. The highest BCUT2D eigenvalue weighted by Crippen LogP contribution is 2.26. The standard InChI is InChI=1S/C8H15NO3/c1-9(12-2)8(11)6-3-4-7(10)5-6/h6-7,10H,3-5H2,1-2H3. The van der Waals surface area contributed by atoms with Crippen molar-refractivity contribution in [1.82, 2.24) is 5.06 Å². The first-order chi connectivity index (χ1) is 5.65. The third-order valence-corrected chi connectivity index (χ3v) is 2.34. The van der Waals surface area contributed by atoms with Gasteiger partial charge in [0.05, 0.1) is 13.2 Å². The number of nitrogens with zero attached hydrogens (tertiary/aromatic N) is 1. The van der Waals surface area contributed by atoms with Crippen LogP contribution in [0.1, 0.15) is 19.3 Å². The lowest BCUT2D eigenvalue weighted by Crippen LogP contribution is -2.31. The van der Waals surface area contributed by atoms with Crippen LogP contribution in [-0.4, -0.2) is 36.3 Å². The summed E-state index contributed by atoms with van der Waals surface area (Å²) in [5.74, 6) is -0.0843. The molecule has 1 aliphatic carbocycles.